The lowest BCUT2D eigenvalue weighted by molar-refractivity contribution is -0.120. The Hall–Kier alpha value is -2.51. The molecule has 0 radical (unpaired) electrons. The second kappa shape index (κ2) is 9.53. The number of ether oxygens (including phenoxy) is 2. The fourth-order valence-electron chi connectivity index (χ4n) is 3.97. The number of nitrogens with zero attached hydrogens (tertiary/aromatic N) is 3. The van der Waals surface area contributed by atoms with Crippen LogP contribution in [-0.4, -0.2) is 42.1 Å². The molecule has 0 bridgehead atoms. The SMILES string of the molecule is CCOc1c(COC)cnc2nc(N3CCC[C@@H]3C(=O)CCc3ccccc3)sc12. The van der Waals surface area contributed by atoms with Crippen molar-refractivity contribution in [1.82, 2.24) is 9.97 Å². The van der Waals surface area contributed by atoms with E-state index in [1.807, 2.05) is 25.1 Å². The van der Waals surface area contributed by atoms with E-state index >= 15 is 0 Å². The van der Waals surface area contributed by atoms with Gasteiger partial charge in [-0.3, -0.25) is 4.79 Å². The molecule has 0 saturated carbocycles. The lowest BCUT2D eigenvalue weighted by Gasteiger charge is -2.22. The highest BCUT2D eigenvalue weighted by Gasteiger charge is 2.32. The molecule has 6 nitrogen and oxygen atoms in total. The van der Waals surface area contributed by atoms with E-state index in [0.717, 1.165) is 47.0 Å². The first-order chi connectivity index (χ1) is 14.7. The van der Waals surface area contributed by atoms with Crippen LogP contribution in [-0.2, 0) is 22.6 Å². The van der Waals surface area contributed by atoms with Crippen LogP contribution in [0.5, 0.6) is 5.75 Å². The largest absolute Gasteiger partial charge is 0.492 e. The van der Waals surface area contributed by atoms with Crippen LogP contribution in [0, 0.1) is 0 Å². The zero-order chi connectivity index (χ0) is 20.9. The van der Waals surface area contributed by atoms with Gasteiger partial charge in [0.25, 0.3) is 0 Å². The van der Waals surface area contributed by atoms with E-state index in [-0.39, 0.29) is 11.8 Å². The van der Waals surface area contributed by atoms with Crippen LogP contribution in [0.1, 0.15) is 37.3 Å². The molecule has 0 N–H and O–H groups in total. The van der Waals surface area contributed by atoms with E-state index in [0.29, 0.717) is 25.3 Å². The Bertz CT molecular complexity index is 1010. The van der Waals surface area contributed by atoms with Crippen molar-refractivity contribution >= 4 is 32.6 Å². The minimum Gasteiger partial charge on any atom is -0.492 e. The Morgan fingerprint density at radius 2 is 2.13 bits per heavy atom. The number of hydrogen-bond donors (Lipinski definition) is 0. The van der Waals surface area contributed by atoms with Gasteiger partial charge in [0.2, 0.25) is 0 Å². The first-order valence-electron chi connectivity index (χ1n) is 10.4. The predicted molar refractivity (Wildman–Crippen MR) is 119 cm³/mol. The molecule has 1 atom stereocenters. The normalized spacial score (nSPS) is 16.3. The van der Waals surface area contributed by atoms with Gasteiger partial charge in [0.1, 0.15) is 10.4 Å². The molecule has 3 aromatic rings. The van der Waals surface area contributed by atoms with Gasteiger partial charge in [0.15, 0.2) is 16.6 Å². The summed E-state index contributed by atoms with van der Waals surface area (Å²) in [6.07, 6.45) is 4.98. The van der Waals surface area contributed by atoms with Crippen LogP contribution in [0.25, 0.3) is 10.3 Å². The molecule has 158 valence electrons. The Balaban J connectivity index is 1.56. The molecular weight excluding hydrogens is 398 g/mol. The number of methoxy groups -OCH3 is 1. The predicted octanol–water partition coefficient (Wildman–Crippen LogP) is 4.41. The number of rotatable bonds is 9. The number of ketones is 1. The van der Waals surface area contributed by atoms with E-state index in [1.54, 1.807) is 24.6 Å². The molecule has 0 aliphatic carbocycles. The first kappa shape index (κ1) is 20.8. The molecule has 0 spiro atoms. The van der Waals surface area contributed by atoms with E-state index < -0.39 is 0 Å². The van der Waals surface area contributed by atoms with Gasteiger partial charge in [-0.1, -0.05) is 41.7 Å². The standard InChI is InChI=1S/C23H27N3O3S/c1-3-29-20-17(15-28-2)14-24-22-21(20)30-23(25-22)26-13-7-10-18(26)19(27)12-11-16-8-5-4-6-9-16/h4-6,8-9,14,18H,3,7,10-13,15H2,1-2H3/t18-/m1/s1. The Labute approximate surface area is 180 Å². The Kier molecular flexibility index (Phi) is 6.59. The van der Waals surface area contributed by atoms with E-state index in [9.17, 15) is 4.79 Å². The molecule has 4 rings (SSSR count). The third-order valence-corrected chi connectivity index (χ3v) is 6.48. The number of Topliss-reactive ketones (excluding diaryl/α,β-unsaturated/α-hetero) is 1. The fourth-order valence-corrected chi connectivity index (χ4v) is 5.10. The van der Waals surface area contributed by atoms with Crippen LogP contribution in [0.15, 0.2) is 36.5 Å². The number of pyridine rings is 1. The number of carbonyl (C=O) groups is 1. The number of aryl methyl sites for hydroxylation is 1. The second-order valence-electron chi connectivity index (χ2n) is 7.43. The Morgan fingerprint density at radius 1 is 1.30 bits per heavy atom. The number of benzene rings is 1. The van der Waals surface area contributed by atoms with Crippen molar-refractivity contribution in [3.05, 3.63) is 47.7 Å². The number of fused-ring (bicyclic) bond motifs is 1. The summed E-state index contributed by atoms with van der Waals surface area (Å²) in [5.41, 5.74) is 2.78. The number of carbonyl (C=O) groups excluding carboxylic acids is 1. The molecule has 30 heavy (non-hydrogen) atoms. The summed E-state index contributed by atoms with van der Waals surface area (Å²) in [5.74, 6) is 1.08. The highest BCUT2D eigenvalue weighted by molar-refractivity contribution is 7.22. The van der Waals surface area contributed by atoms with Crippen molar-refractivity contribution in [3.8, 4) is 5.75 Å². The molecule has 0 unspecified atom stereocenters. The second-order valence-corrected chi connectivity index (χ2v) is 8.41. The third kappa shape index (κ3) is 4.32. The molecule has 7 heteroatoms. The van der Waals surface area contributed by atoms with Gasteiger partial charge in [0, 0.05) is 31.8 Å². The number of hydrogen-bond acceptors (Lipinski definition) is 7. The maximum Gasteiger partial charge on any atom is 0.188 e. The summed E-state index contributed by atoms with van der Waals surface area (Å²) in [5, 5.41) is 0.851. The van der Waals surface area contributed by atoms with Crippen LogP contribution < -0.4 is 9.64 Å². The monoisotopic (exact) mass is 425 g/mol. The number of thiazole rings is 1. The minimum atomic E-state index is -0.108. The number of aromatic nitrogens is 2. The van der Waals surface area contributed by atoms with Crippen molar-refractivity contribution in [2.75, 3.05) is 25.2 Å². The molecule has 1 fully saturated rings. The summed E-state index contributed by atoms with van der Waals surface area (Å²) in [6.45, 7) is 3.81. The first-order valence-corrected chi connectivity index (χ1v) is 11.3. The highest BCUT2D eigenvalue weighted by Crippen LogP contribution is 2.39. The topological polar surface area (TPSA) is 64.6 Å². The molecule has 1 saturated heterocycles. The van der Waals surface area contributed by atoms with Crippen LogP contribution in [0.3, 0.4) is 0 Å². The average molecular weight is 426 g/mol. The summed E-state index contributed by atoms with van der Waals surface area (Å²) in [4.78, 5) is 24.4. The van der Waals surface area contributed by atoms with Gasteiger partial charge >= 0.3 is 0 Å². The van der Waals surface area contributed by atoms with Gasteiger partial charge in [-0.25, -0.2) is 4.98 Å². The molecule has 1 aliphatic rings. The third-order valence-electron chi connectivity index (χ3n) is 5.40. The van der Waals surface area contributed by atoms with Crippen molar-refractivity contribution in [1.29, 1.82) is 0 Å². The highest BCUT2D eigenvalue weighted by atomic mass is 32.1. The van der Waals surface area contributed by atoms with Crippen molar-refractivity contribution in [3.63, 3.8) is 0 Å². The maximum atomic E-state index is 13.0. The van der Waals surface area contributed by atoms with Crippen molar-refractivity contribution in [2.45, 2.75) is 45.3 Å². The quantitative estimate of drug-likeness (QED) is 0.506. The summed E-state index contributed by atoms with van der Waals surface area (Å²) in [7, 11) is 1.66. The maximum absolute atomic E-state index is 13.0. The van der Waals surface area contributed by atoms with Crippen LogP contribution in [0.2, 0.25) is 0 Å². The molecule has 2 aromatic heterocycles. The number of anilines is 1. The van der Waals surface area contributed by atoms with E-state index in [2.05, 4.69) is 22.0 Å². The van der Waals surface area contributed by atoms with Gasteiger partial charge in [-0.2, -0.15) is 4.98 Å². The molecular formula is C23H27N3O3S. The zero-order valence-electron chi connectivity index (χ0n) is 17.5. The van der Waals surface area contributed by atoms with Gasteiger partial charge < -0.3 is 14.4 Å². The summed E-state index contributed by atoms with van der Waals surface area (Å²) in [6, 6.07) is 10.1. The smallest absolute Gasteiger partial charge is 0.188 e. The average Bonchev–Trinajstić information content (AvgIpc) is 3.41. The van der Waals surface area contributed by atoms with Crippen LogP contribution >= 0.6 is 11.3 Å². The molecule has 3 heterocycles. The van der Waals surface area contributed by atoms with E-state index in [4.69, 9.17) is 14.5 Å². The van der Waals surface area contributed by atoms with Gasteiger partial charge in [-0.05, 0) is 31.7 Å². The Morgan fingerprint density at radius 3 is 2.90 bits per heavy atom. The van der Waals surface area contributed by atoms with Gasteiger partial charge in [-0.15, -0.1) is 0 Å². The summed E-state index contributed by atoms with van der Waals surface area (Å²) >= 11 is 1.56. The summed E-state index contributed by atoms with van der Waals surface area (Å²) < 4.78 is 12.1. The lowest BCUT2D eigenvalue weighted by Crippen LogP contribution is -2.36. The fraction of sp³-hybridized carbons (Fsp3) is 0.435. The zero-order valence-corrected chi connectivity index (χ0v) is 18.3. The minimum absolute atomic E-state index is 0.108. The van der Waals surface area contributed by atoms with Crippen molar-refractivity contribution in [2.24, 2.45) is 0 Å². The van der Waals surface area contributed by atoms with Gasteiger partial charge in [0.05, 0.1) is 19.3 Å². The van der Waals surface area contributed by atoms with Crippen molar-refractivity contribution < 1.29 is 14.3 Å². The lowest BCUT2D eigenvalue weighted by atomic mass is 10.0. The van der Waals surface area contributed by atoms with Crippen LogP contribution in [0.4, 0.5) is 5.13 Å². The molecule has 0 amide bonds. The molecule has 1 aromatic carbocycles. The molecule has 1 aliphatic heterocycles. The van der Waals surface area contributed by atoms with E-state index in [1.165, 1.54) is 5.56 Å².